The zero-order valence-corrected chi connectivity index (χ0v) is 8.53. The summed E-state index contributed by atoms with van der Waals surface area (Å²) in [5, 5.41) is 0. The van der Waals surface area contributed by atoms with Crippen LogP contribution in [-0.2, 0) is 12.9 Å². The van der Waals surface area contributed by atoms with Gasteiger partial charge in [0.05, 0.1) is 5.56 Å². The molecule has 1 aromatic rings. The molecule has 0 saturated carbocycles. The topological polar surface area (TPSA) is 0 Å². The van der Waals surface area contributed by atoms with Gasteiger partial charge in [0.25, 0.3) is 0 Å². The Hall–Kier alpha value is -1.06. The van der Waals surface area contributed by atoms with Crippen molar-refractivity contribution in [2.24, 2.45) is 0 Å². The van der Waals surface area contributed by atoms with Crippen molar-refractivity contribution in [3.8, 4) is 0 Å². The highest BCUT2D eigenvalue weighted by Gasteiger charge is 2.34. The molecule has 0 fully saturated rings. The van der Waals surface area contributed by atoms with Crippen LogP contribution in [0.2, 0.25) is 0 Å². The molecule has 0 amide bonds. The Morgan fingerprint density at radius 1 is 1.20 bits per heavy atom. The van der Waals surface area contributed by atoms with E-state index < -0.39 is 18.4 Å². The molecule has 0 unspecified atom stereocenters. The number of rotatable bonds is 2. The molecule has 0 spiro atoms. The van der Waals surface area contributed by atoms with Crippen molar-refractivity contribution in [3.05, 3.63) is 34.9 Å². The maximum atomic E-state index is 12.6. The maximum Gasteiger partial charge on any atom is 0.416 e. The van der Waals surface area contributed by atoms with E-state index in [1.54, 1.807) is 13.8 Å². The van der Waals surface area contributed by atoms with Crippen molar-refractivity contribution < 1.29 is 17.6 Å². The van der Waals surface area contributed by atoms with Crippen LogP contribution in [0.1, 0.15) is 36.5 Å². The largest absolute Gasteiger partial charge is 0.416 e. The summed E-state index contributed by atoms with van der Waals surface area (Å²) in [7, 11) is 0. The summed E-state index contributed by atoms with van der Waals surface area (Å²) in [5.74, 6) is -0.339. The van der Waals surface area contributed by atoms with Crippen molar-refractivity contribution in [2.75, 3.05) is 0 Å². The van der Waals surface area contributed by atoms with E-state index in [1.165, 1.54) is 12.1 Å². The van der Waals surface area contributed by atoms with Crippen LogP contribution in [0.15, 0.2) is 18.2 Å². The zero-order chi connectivity index (χ0) is 11.6. The summed E-state index contributed by atoms with van der Waals surface area (Å²) in [6.45, 7) is 2.39. The van der Waals surface area contributed by atoms with Crippen molar-refractivity contribution in [3.63, 3.8) is 0 Å². The summed E-state index contributed by atoms with van der Waals surface area (Å²) >= 11 is 0. The minimum atomic E-state index is -4.41. The van der Waals surface area contributed by atoms with E-state index in [0.29, 0.717) is 0 Å². The third-order valence-electron chi connectivity index (χ3n) is 2.22. The Morgan fingerprint density at radius 2 is 1.80 bits per heavy atom. The zero-order valence-electron chi connectivity index (χ0n) is 8.53. The number of benzene rings is 1. The van der Waals surface area contributed by atoms with Gasteiger partial charge in [0.15, 0.2) is 0 Å². The van der Waals surface area contributed by atoms with Gasteiger partial charge in [-0.15, -0.1) is 0 Å². The van der Waals surface area contributed by atoms with Gasteiger partial charge in [0, 0.05) is 0 Å². The van der Waals surface area contributed by atoms with E-state index in [0.717, 1.165) is 6.07 Å². The van der Waals surface area contributed by atoms with Gasteiger partial charge in [0.2, 0.25) is 0 Å². The number of hydrogen-bond donors (Lipinski definition) is 0. The molecule has 0 heterocycles. The van der Waals surface area contributed by atoms with Gasteiger partial charge < -0.3 is 0 Å². The van der Waals surface area contributed by atoms with Gasteiger partial charge in [-0.3, -0.25) is 0 Å². The van der Waals surface area contributed by atoms with Crippen LogP contribution >= 0.6 is 0 Å². The highest BCUT2D eigenvalue weighted by molar-refractivity contribution is 5.39. The number of alkyl halides is 4. The maximum absolute atomic E-state index is 12.6. The molecule has 0 radical (unpaired) electrons. The summed E-state index contributed by atoms with van der Waals surface area (Å²) in [5.41, 5.74) is -0.542. The normalized spacial score (nSPS) is 12.2. The Balaban J connectivity index is 3.39. The van der Waals surface area contributed by atoms with Crippen LogP contribution in [0.4, 0.5) is 17.6 Å². The molecule has 0 aliphatic heterocycles. The van der Waals surface area contributed by atoms with E-state index in [4.69, 9.17) is 0 Å². The molecule has 15 heavy (non-hydrogen) atoms. The molecular weight excluding hydrogens is 208 g/mol. The molecular formula is C11H12F4. The van der Waals surface area contributed by atoms with Crippen LogP contribution in [0.25, 0.3) is 0 Å². The molecule has 0 aromatic heterocycles. The Labute approximate surface area is 85.9 Å². The first-order chi connectivity index (χ1) is 6.88. The average molecular weight is 220 g/mol. The second-order valence-corrected chi connectivity index (χ2v) is 3.66. The highest BCUT2D eigenvalue weighted by atomic mass is 19.4. The molecule has 0 aliphatic rings. The Bertz CT molecular complexity index is 339. The predicted molar refractivity (Wildman–Crippen MR) is 50.3 cm³/mol. The van der Waals surface area contributed by atoms with Gasteiger partial charge in [-0.1, -0.05) is 26.0 Å². The Kier molecular flexibility index (Phi) is 3.37. The standard InChI is InChI=1S/C11H12F4/c1-7(2)10-8(6-12)4-3-5-9(10)11(13,14)15/h3-5,7H,6H2,1-2H3. The summed E-state index contributed by atoms with van der Waals surface area (Å²) in [4.78, 5) is 0. The lowest BCUT2D eigenvalue weighted by Gasteiger charge is -2.18. The molecule has 0 nitrogen and oxygen atoms in total. The van der Waals surface area contributed by atoms with Crippen LogP contribution in [0, 0.1) is 0 Å². The Morgan fingerprint density at radius 3 is 2.20 bits per heavy atom. The third kappa shape index (κ3) is 2.49. The fourth-order valence-electron chi connectivity index (χ4n) is 1.66. The quantitative estimate of drug-likeness (QED) is 0.652. The lowest BCUT2D eigenvalue weighted by atomic mass is 9.92. The van der Waals surface area contributed by atoms with Crippen molar-refractivity contribution in [1.29, 1.82) is 0 Å². The minimum Gasteiger partial charge on any atom is -0.246 e. The minimum absolute atomic E-state index is 0.0625. The third-order valence-corrected chi connectivity index (χ3v) is 2.22. The van der Waals surface area contributed by atoms with Crippen molar-refractivity contribution in [1.82, 2.24) is 0 Å². The SMILES string of the molecule is CC(C)c1c(CF)cccc1C(F)(F)F. The van der Waals surface area contributed by atoms with Gasteiger partial charge in [-0.25, -0.2) is 4.39 Å². The summed E-state index contributed by atoms with van der Waals surface area (Å²) in [6, 6.07) is 3.63. The van der Waals surface area contributed by atoms with Crippen LogP contribution < -0.4 is 0 Å². The van der Waals surface area contributed by atoms with E-state index in [-0.39, 0.29) is 17.0 Å². The number of hydrogen-bond acceptors (Lipinski definition) is 0. The molecule has 0 aliphatic carbocycles. The lowest BCUT2D eigenvalue weighted by Crippen LogP contribution is -2.12. The summed E-state index contributed by atoms with van der Waals surface area (Å²) in [6.07, 6.45) is -4.41. The average Bonchev–Trinajstić information content (AvgIpc) is 2.15. The van der Waals surface area contributed by atoms with E-state index >= 15 is 0 Å². The number of halogens is 4. The van der Waals surface area contributed by atoms with Crippen molar-refractivity contribution in [2.45, 2.75) is 32.6 Å². The first-order valence-corrected chi connectivity index (χ1v) is 4.63. The van der Waals surface area contributed by atoms with Gasteiger partial charge in [-0.05, 0) is 23.1 Å². The fourth-order valence-corrected chi connectivity index (χ4v) is 1.66. The smallest absolute Gasteiger partial charge is 0.246 e. The first-order valence-electron chi connectivity index (χ1n) is 4.63. The second kappa shape index (κ2) is 4.21. The van der Waals surface area contributed by atoms with E-state index in [2.05, 4.69) is 0 Å². The highest BCUT2D eigenvalue weighted by Crippen LogP contribution is 2.36. The molecule has 4 heteroatoms. The molecule has 84 valence electrons. The van der Waals surface area contributed by atoms with Crippen molar-refractivity contribution >= 4 is 0 Å². The molecule has 0 atom stereocenters. The molecule has 0 N–H and O–H groups in total. The van der Waals surface area contributed by atoms with E-state index in [1.807, 2.05) is 0 Å². The van der Waals surface area contributed by atoms with Gasteiger partial charge >= 0.3 is 6.18 Å². The van der Waals surface area contributed by atoms with Crippen LogP contribution in [0.3, 0.4) is 0 Å². The predicted octanol–water partition coefficient (Wildman–Crippen LogP) is 4.30. The second-order valence-electron chi connectivity index (χ2n) is 3.66. The molecule has 1 rings (SSSR count). The first kappa shape index (κ1) is 12.0. The monoisotopic (exact) mass is 220 g/mol. The fraction of sp³-hybridized carbons (Fsp3) is 0.455. The molecule has 0 bridgehead atoms. The summed E-state index contributed by atoms with van der Waals surface area (Å²) < 4.78 is 50.4. The van der Waals surface area contributed by atoms with E-state index in [9.17, 15) is 17.6 Å². The van der Waals surface area contributed by atoms with Crippen LogP contribution in [-0.4, -0.2) is 0 Å². The molecule has 0 saturated heterocycles. The van der Waals surface area contributed by atoms with Gasteiger partial charge in [0.1, 0.15) is 6.67 Å². The lowest BCUT2D eigenvalue weighted by molar-refractivity contribution is -0.138. The van der Waals surface area contributed by atoms with Gasteiger partial charge in [-0.2, -0.15) is 13.2 Å². The van der Waals surface area contributed by atoms with Crippen LogP contribution in [0.5, 0.6) is 0 Å². The molecule has 1 aromatic carbocycles.